The fraction of sp³-hybridized carbons (Fsp3) is 0.643. The van der Waals surface area contributed by atoms with Crippen molar-refractivity contribution in [2.75, 3.05) is 13.2 Å². The van der Waals surface area contributed by atoms with Crippen molar-refractivity contribution in [1.29, 1.82) is 0 Å². The first-order valence-corrected chi connectivity index (χ1v) is 6.54. The maximum atomic E-state index is 12.0. The van der Waals surface area contributed by atoms with Gasteiger partial charge in [0, 0.05) is 25.9 Å². The molecule has 0 spiro atoms. The Hall–Kier alpha value is -1.29. The number of nitrogens with zero attached hydrogens (tertiary/aromatic N) is 1. The summed E-state index contributed by atoms with van der Waals surface area (Å²) in [5, 5.41) is 11.8. The van der Waals surface area contributed by atoms with Gasteiger partial charge in [-0.05, 0) is 37.3 Å². The van der Waals surface area contributed by atoms with Crippen molar-refractivity contribution < 1.29 is 9.90 Å². The third-order valence-corrected chi connectivity index (χ3v) is 3.14. The smallest absolute Gasteiger partial charge is 0.267 e. The number of amides is 1. The maximum Gasteiger partial charge on any atom is 0.267 e. The SMILES string of the molecule is CCn1cccc1C(=O)NCC(C)(C)CCCO. The molecule has 0 fully saturated rings. The number of carbonyl (C=O) groups is 1. The number of aliphatic hydroxyl groups is 1. The minimum absolute atomic E-state index is 0.0159. The monoisotopic (exact) mass is 252 g/mol. The van der Waals surface area contributed by atoms with Gasteiger partial charge >= 0.3 is 0 Å². The number of aliphatic hydroxyl groups excluding tert-OH is 1. The molecule has 0 aliphatic carbocycles. The Morgan fingerprint density at radius 2 is 2.22 bits per heavy atom. The molecule has 1 rings (SSSR count). The standard InChI is InChI=1S/C14H24N2O2/c1-4-16-9-5-7-12(16)13(18)15-11-14(2,3)8-6-10-17/h5,7,9,17H,4,6,8,10-11H2,1-3H3,(H,15,18). The van der Waals surface area contributed by atoms with Crippen LogP contribution in [0.5, 0.6) is 0 Å². The highest BCUT2D eigenvalue weighted by Gasteiger charge is 2.19. The summed E-state index contributed by atoms with van der Waals surface area (Å²) in [6, 6.07) is 3.72. The lowest BCUT2D eigenvalue weighted by molar-refractivity contribution is 0.0923. The summed E-state index contributed by atoms with van der Waals surface area (Å²) < 4.78 is 1.93. The largest absolute Gasteiger partial charge is 0.396 e. The van der Waals surface area contributed by atoms with Gasteiger partial charge in [-0.15, -0.1) is 0 Å². The number of carbonyl (C=O) groups excluding carboxylic acids is 1. The number of aryl methyl sites for hydroxylation is 1. The van der Waals surface area contributed by atoms with Crippen LogP contribution in [0.15, 0.2) is 18.3 Å². The van der Waals surface area contributed by atoms with Crippen LogP contribution in [-0.4, -0.2) is 28.7 Å². The van der Waals surface area contributed by atoms with Gasteiger partial charge in [-0.3, -0.25) is 4.79 Å². The van der Waals surface area contributed by atoms with E-state index < -0.39 is 0 Å². The second-order valence-electron chi connectivity index (χ2n) is 5.35. The summed E-state index contributed by atoms with van der Waals surface area (Å²) >= 11 is 0. The molecule has 0 aliphatic heterocycles. The first-order valence-electron chi connectivity index (χ1n) is 6.54. The molecule has 1 heterocycles. The van der Waals surface area contributed by atoms with Crippen molar-refractivity contribution in [2.24, 2.45) is 5.41 Å². The average Bonchev–Trinajstić information content (AvgIpc) is 2.82. The molecule has 4 heteroatoms. The molecule has 4 nitrogen and oxygen atoms in total. The quantitative estimate of drug-likeness (QED) is 0.780. The number of aromatic nitrogens is 1. The van der Waals surface area contributed by atoms with E-state index in [1.165, 1.54) is 0 Å². The van der Waals surface area contributed by atoms with Gasteiger partial charge in [0.1, 0.15) is 5.69 Å². The van der Waals surface area contributed by atoms with Crippen molar-refractivity contribution in [3.05, 3.63) is 24.0 Å². The van der Waals surface area contributed by atoms with E-state index in [-0.39, 0.29) is 17.9 Å². The lowest BCUT2D eigenvalue weighted by Gasteiger charge is -2.24. The topological polar surface area (TPSA) is 54.3 Å². The van der Waals surface area contributed by atoms with Crippen molar-refractivity contribution in [3.63, 3.8) is 0 Å². The summed E-state index contributed by atoms with van der Waals surface area (Å²) in [6.45, 7) is 7.84. The van der Waals surface area contributed by atoms with Crippen molar-refractivity contribution >= 4 is 5.91 Å². The van der Waals surface area contributed by atoms with E-state index in [1.54, 1.807) is 0 Å². The Bertz CT molecular complexity index is 383. The van der Waals surface area contributed by atoms with Gasteiger partial charge in [-0.2, -0.15) is 0 Å². The van der Waals surface area contributed by atoms with Crippen LogP contribution in [0, 0.1) is 5.41 Å². The van der Waals surface area contributed by atoms with Crippen LogP contribution in [-0.2, 0) is 6.54 Å². The lowest BCUT2D eigenvalue weighted by Crippen LogP contribution is -2.35. The van der Waals surface area contributed by atoms with Crippen molar-refractivity contribution in [1.82, 2.24) is 9.88 Å². The zero-order valence-corrected chi connectivity index (χ0v) is 11.6. The molecule has 18 heavy (non-hydrogen) atoms. The van der Waals surface area contributed by atoms with Crippen molar-refractivity contribution in [3.8, 4) is 0 Å². The van der Waals surface area contributed by atoms with Crippen LogP contribution in [0.3, 0.4) is 0 Å². The molecule has 2 N–H and O–H groups in total. The van der Waals surface area contributed by atoms with E-state index in [2.05, 4.69) is 19.2 Å². The number of hydrogen-bond acceptors (Lipinski definition) is 2. The molecule has 0 unspecified atom stereocenters. The Balaban J connectivity index is 2.51. The first-order chi connectivity index (χ1) is 8.50. The predicted octanol–water partition coefficient (Wildman–Crippen LogP) is 2.04. The molecule has 102 valence electrons. The number of nitrogens with one attached hydrogen (secondary N) is 1. The third-order valence-electron chi connectivity index (χ3n) is 3.14. The van der Waals surface area contributed by atoms with Crippen LogP contribution in [0.4, 0.5) is 0 Å². The molecular formula is C14H24N2O2. The molecule has 0 radical (unpaired) electrons. The fourth-order valence-corrected chi connectivity index (χ4v) is 1.95. The maximum absolute atomic E-state index is 12.0. The van der Waals surface area contributed by atoms with E-state index in [0.717, 1.165) is 19.4 Å². The van der Waals surface area contributed by atoms with E-state index in [1.807, 2.05) is 29.8 Å². The van der Waals surface area contributed by atoms with Gasteiger partial charge in [0.05, 0.1) is 0 Å². The highest BCUT2D eigenvalue weighted by Crippen LogP contribution is 2.20. The molecular weight excluding hydrogens is 228 g/mol. The van der Waals surface area contributed by atoms with Gasteiger partial charge in [0.2, 0.25) is 0 Å². The van der Waals surface area contributed by atoms with Crippen LogP contribution < -0.4 is 5.32 Å². The number of hydrogen-bond donors (Lipinski definition) is 2. The Morgan fingerprint density at radius 1 is 1.50 bits per heavy atom. The van der Waals surface area contributed by atoms with Crippen molar-refractivity contribution in [2.45, 2.75) is 40.2 Å². The normalized spacial score (nSPS) is 11.6. The van der Waals surface area contributed by atoms with Crippen LogP contribution in [0.2, 0.25) is 0 Å². The molecule has 0 aromatic carbocycles. The molecule has 0 bridgehead atoms. The Morgan fingerprint density at radius 3 is 2.83 bits per heavy atom. The minimum atomic E-state index is -0.0288. The number of rotatable bonds is 7. The van der Waals surface area contributed by atoms with Gasteiger partial charge in [0.15, 0.2) is 0 Å². The van der Waals surface area contributed by atoms with Crippen LogP contribution >= 0.6 is 0 Å². The summed E-state index contributed by atoms with van der Waals surface area (Å²) in [5.74, 6) is -0.0288. The Labute approximate surface area is 109 Å². The molecule has 0 saturated carbocycles. The second-order valence-corrected chi connectivity index (χ2v) is 5.35. The highest BCUT2D eigenvalue weighted by molar-refractivity contribution is 5.92. The zero-order valence-electron chi connectivity index (χ0n) is 11.6. The van der Waals surface area contributed by atoms with E-state index in [0.29, 0.717) is 12.2 Å². The van der Waals surface area contributed by atoms with Gasteiger partial charge in [-0.25, -0.2) is 0 Å². The molecule has 0 atom stereocenters. The van der Waals surface area contributed by atoms with E-state index >= 15 is 0 Å². The van der Waals surface area contributed by atoms with Gasteiger partial charge in [0.25, 0.3) is 5.91 Å². The predicted molar refractivity (Wildman–Crippen MR) is 72.5 cm³/mol. The fourth-order valence-electron chi connectivity index (χ4n) is 1.95. The molecule has 0 aliphatic rings. The van der Waals surface area contributed by atoms with Gasteiger partial charge in [-0.1, -0.05) is 13.8 Å². The summed E-state index contributed by atoms with van der Waals surface area (Å²) in [7, 11) is 0. The van der Waals surface area contributed by atoms with Crippen LogP contribution in [0.25, 0.3) is 0 Å². The third kappa shape index (κ3) is 4.18. The average molecular weight is 252 g/mol. The zero-order chi connectivity index (χ0) is 13.6. The molecule has 1 amide bonds. The molecule has 1 aromatic heterocycles. The molecule has 1 aromatic rings. The summed E-state index contributed by atoms with van der Waals surface area (Å²) in [6.07, 6.45) is 3.58. The van der Waals surface area contributed by atoms with Crippen LogP contribution in [0.1, 0.15) is 44.1 Å². The second kappa shape index (κ2) is 6.59. The van der Waals surface area contributed by atoms with E-state index in [4.69, 9.17) is 5.11 Å². The first kappa shape index (κ1) is 14.8. The molecule has 0 saturated heterocycles. The Kier molecular flexibility index (Phi) is 5.41. The van der Waals surface area contributed by atoms with E-state index in [9.17, 15) is 4.79 Å². The lowest BCUT2D eigenvalue weighted by atomic mass is 9.88. The summed E-state index contributed by atoms with van der Waals surface area (Å²) in [5.41, 5.74) is 0.720. The summed E-state index contributed by atoms with van der Waals surface area (Å²) in [4.78, 5) is 12.0. The minimum Gasteiger partial charge on any atom is -0.396 e. The van der Waals surface area contributed by atoms with Gasteiger partial charge < -0.3 is 15.0 Å². The highest BCUT2D eigenvalue weighted by atomic mass is 16.2.